The molecule has 0 aliphatic rings. The molecule has 3 heteroatoms. The summed E-state index contributed by atoms with van der Waals surface area (Å²) in [6.07, 6.45) is 0. The SMILES string of the molecule is [B]C(C)n1nc(C)cc1C. The molecule has 0 amide bonds. The zero-order valence-corrected chi connectivity index (χ0v) is 6.63. The first-order valence-electron chi connectivity index (χ1n) is 3.39. The van der Waals surface area contributed by atoms with Crippen LogP contribution < -0.4 is 0 Å². The fraction of sp³-hybridized carbons (Fsp3) is 0.571. The van der Waals surface area contributed by atoms with Gasteiger partial charge < -0.3 is 0 Å². The van der Waals surface area contributed by atoms with Gasteiger partial charge in [0.2, 0.25) is 0 Å². The standard InChI is InChI=1S/C7H11BN2/c1-5-4-6(2)10(9-5)7(3)8/h4,7H,1-3H3. The number of aryl methyl sites for hydroxylation is 2. The second kappa shape index (κ2) is 2.49. The monoisotopic (exact) mass is 134 g/mol. The Labute approximate surface area is 62.7 Å². The van der Waals surface area contributed by atoms with Gasteiger partial charge in [-0.2, -0.15) is 5.10 Å². The average Bonchev–Trinajstić information content (AvgIpc) is 2.10. The van der Waals surface area contributed by atoms with Crippen molar-refractivity contribution in [1.82, 2.24) is 9.78 Å². The van der Waals surface area contributed by atoms with E-state index in [1.807, 2.05) is 31.5 Å². The molecule has 0 saturated heterocycles. The molecular weight excluding hydrogens is 123 g/mol. The number of nitrogens with zero attached hydrogens (tertiary/aromatic N) is 2. The summed E-state index contributed by atoms with van der Waals surface area (Å²) in [5, 5.41) is 4.20. The number of hydrogen-bond donors (Lipinski definition) is 0. The summed E-state index contributed by atoms with van der Waals surface area (Å²) >= 11 is 0. The van der Waals surface area contributed by atoms with E-state index < -0.39 is 0 Å². The molecule has 1 unspecified atom stereocenters. The van der Waals surface area contributed by atoms with Crippen molar-refractivity contribution in [1.29, 1.82) is 0 Å². The molecule has 10 heavy (non-hydrogen) atoms. The van der Waals surface area contributed by atoms with Crippen LogP contribution in [0.2, 0.25) is 0 Å². The Hall–Kier alpha value is -0.725. The molecule has 1 aromatic heterocycles. The van der Waals surface area contributed by atoms with Gasteiger partial charge in [-0.1, -0.05) is 6.92 Å². The van der Waals surface area contributed by atoms with Crippen LogP contribution in [0.1, 0.15) is 24.3 Å². The molecule has 1 atom stereocenters. The van der Waals surface area contributed by atoms with Crippen LogP contribution in [0.15, 0.2) is 6.07 Å². The molecule has 0 bridgehead atoms. The number of hydrogen-bond acceptors (Lipinski definition) is 1. The molecule has 2 nitrogen and oxygen atoms in total. The molecule has 0 N–H and O–H groups in total. The summed E-state index contributed by atoms with van der Waals surface area (Å²) in [7, 11) is 5.63. The van der Waals surface area contributed by atoms with E-state index in [0.717, 1.165) is 11.4 Å². The smallest absolute Gasteiger partial charge is 0.102 e. The maximum absolute atomic E-state index is 5.63. The van der Waals surface area contributed by atoms with Crippen molar-refractivity contribution in [2.75, 3.05) is 0 Å². The number of rotatable bonds is 1. The second-order valence-electron chi connectivity index (χ2n) is 2.61. The van der Waals surface area contributed by atoms with Gasteiger partial charge in [0, 0.05) is 11.6 Å². The number of aromatic nitrogens is 2. The van der Waals surface area contributed by atoms with Crippen LogP contribution in [0.3, 0.4) is 0 Å². The Morgan fingerprint density at radius 2 is 2.20 bits per heavy atom. The summed E-state index contributed by atoms with van der Waals surface area (Å²) in [5.74, 6) is -0.0197. The van der Waals surface area contributed by atoms with Crippen LogP contribution in [0.25, 0.3) is 0 Å². The zero-order chi connectivity index (χ0) is 7.72. The maximum Gasteiger partial charge on any atom is 0.102 e. The lowest BCUT2D eigenvalue weighted by Gasteiger charge is -2.07. The Morgan fingerprint density at radius 1 is 1.60 bits per heavy atom. The van der Waals surface area contributed by atoms with Crippen molar-refractivity contribution in [2.24, 2.45) is 0 Å². The summed E-state index contributed by atoms with van der Waals surface area (Å²) in [5.41, 5.74) is 2.14. The summed E-state index contributed by atoms with van der Waals surface area (Å²) in [6, 6.07) is 2.02. The fourth-order valence-corrected chi connectivity index (χ4v) is 1.06. The Balaban J connectivity index is 3.03. The zero-order valence-electron chi connectivity index (χ0n) is 6.63. The molecule has 0 aliphatic carbocycles. The lowest BCUT2D eigenvalue weighted by atomic mass is 9.99. The van der Waals surface area contributed by atoms with E-state index in [4.69, 9.17) is 7.85 Å². The van der Waals surface area contributed by atoms with Gasteiger partial charge in [-0.15, -0.1) is 0 Å². The first-order valence-corrected chi connectivity index (χ1v) is 3.39. The molecule has 0 saturated carbocycles. The van der Waals surface area contributed by atoms with E-state index in [9.17, 15) is 0 Å². The topological polar surface area (TPSA) is 17.8 Å². The van der Waals surface area contributed by atoms with Crippen LogP contribution in [0.4, 0.5) is 0 Å². The molecule has 0 aromatic carbocycles. The van der Waals surface area contributed by atoms with E-state index in [1.54, 1.807) is 0 Å². The molecule has 52 valence electrons. The fourth-order valence-electron chi connectivity index (χ4n) is 1.06. The lowest BCUT2D eigenvalue weighted by Crippen LogP contribution is -2.07. The van der Waals surface area contributed by atoms with E-state index in [0.29, 0.717) is 0 Å². The van der Waals surface area contributed by atoms with Crippen molar-refractivity contribution < 1.29 is 0 Å². The van der Waals surface area contributed by atoms with Gasteiger partial charge in [0.25, 0.3) is 0 Å². The van der Waals surface area contributed by atoms with Crippen molar-refractivity contribution in [3.05, 3.63) is 17.5 Å². The third kappa shape index (κ3) is 1.23. The Bertz CT molecular complexity index is 228. The highest BCUT2D eigenvalue weighted by molar-refractivity contribution is 6.10. The molecule has 0 aliphatic heterocycles. The van der Waals surface area contributed by atoms with Crippen LogP contribution >= 0.6 is 0 Å². The summed E-state index contributed by atoms with van der Waals surface area (Å²) < 4.78 is 1.81. The van der Waals surface area contributed by atoms with Crippen LogP contribution in [0, 0.1) is 13.8 Å². The minimum absolute atomic E-state index is 0.0197. The Morgan fingerprint density at radius 3 is 2.40 bits per heavy atom. The van der Waals surface area contributed by atoms with Gasteiger partial charge in [0.15, 0.2) is 0 Å². The first-order chi connectivity index (χ1) is 4.61. The van der Waals surface area contributed by atoms with Crippen molar-refractivity contribution >= 4 is 7.85 Å². The van der Waals surface area contributed by atoms with E-state index >= 15 is 0 Å². The van der Waals surface area contributed by atoms with Crippen molar-refractivity contribution in [3.63, 3.8) is 0 Å². The van der Waals surface area contributed by atoms with Crippen LogP contribution in [-0.4, -0.2) is 17.6 Å². The van der Waals surface area contributed by atoms with Crippen LogP contribution in [0.5, 0.6) is 0 Å². The van der Waals surface area contributed by atoms with Crippen molar-refractivity contribution in [2.45, 2.75) is 26.7 Å². The van der Waals surface area contributed by atoms with Gasteiger partial charge >= 0.3 is 0 Å². The van der Waals surface area contributed by atoms with Gasteiger partial charge in [-0.3, -0.25) is 4.68 Å². The van der Waals surface area contributed by atoms with Gasteiger partial charge in [-0.25, -0.2) is 0 Å². The molecule has 1 aromatic rings. The molecule has 1 rings (SSSR count). The van der Waals surface area contributed by atoms with E-state index in [-0.39, 0.29) is 5.94 Å². The lowest BCUT2D eigenvalue weighted by molar-refractivity contribution is 0.609. The normalized spacial score (nSPS) is 13.5. The predicted molar refractivity (Wildman–Crippen MR) is 42.2 cm³/mol. The van der Waals surface area contributed by atoms with E-state index in [2.05, 4.69) is 5.10 Å². The van der Waals surface area contributed by atoms with Crippen LogP contribution in [-0.2, 0) is 0 Å². The molecule has 0 spiro atoms. The van der Waals surface area contributed by atoms with Gasteiger partial charge in [-0.05, 0) is 19.9 Å². The molecule has 1 heterocycles. The third-order valence-corrected chi connectivity index (χ3v) is 1.43. The van der Waals surface area contributed by atoms with Gasteiger partial charge in [0.1, 0.15) is 7.85 Å². The average molecular weight is 134 g/mol. The highest BCUT2D eigenvalue weighted by Crippen LogP contribution is 2.06. The first kappa shape index (κ1) is 7.38. The highest BCUT2D eigenvalue weighted by atomic mass is 15.3. The molecule has 2 radical (unpaired) electrons. The highest BCUT2D eigenvalue weighted by Gasteiger charge is 2.02. The maximum atomic E-state index is 5.63. The summed E-state index contributed by atoms with van der Waals surface area (Å²) in [6.45, 7) is 5.88. The van der Waals surface area contributed by atoms with E-state index in [1.165, 1.54) is 0 Å². The quantitative estimate of drug-likeness (QED) is 0.527. The minimum Gasteiger partial charge on any atom is -0.276 e. The second-order valence-corrected chi connectivity index (χ2v) is 2.61. The molecular formula is C7H11BN2. The molecule has 0 fully saturated rings. The minimum atomic E-state index is -0.0197. The third-order valence-electron chi connectivity index (χ3n) is 1.43. The van der Waals surface area contributed by atoms with Crippen molar-refractivity contribution in [3.8, 4) is 0 Å². The predicted octanol–water partition coefficient (Wildman–Crippen LogP) is 1.19. The van der Waals surface area contributed by atoms with Gasteiger partial charge in [0.05, 0.1) is 5.69 Å². The summed E-state index contributed by atoms with van der Waals surface area (Å²) in [4.78, 5) is 0. The largest absolute Gasteiger partial charge is 0.276 e. The Kier molecular flexibility index (Phi) is 1.83.